The van der Waals surface area contributed by atoms with E-state index in [1.807, 2.05) is 17.8 Å². The molecule has 1 saturated heterocycles. The quantitative estimate of drug-likeness (QED) is 0.798. The van der Waals surface area contributed by atoms with Gasteiger partial charge in [0.1, 0.15) is 4.88 Å². The maximum absolute atomic E-state index is 12.5. The molecule has 2 N–H and O–H groups in total. The third kappa shape index (κ3) is 3.73. The fraction of sp³-hybridized carbons (Fsp3) is 0.650. The van der Waals surface area contributed by atoms with E-state index in [0.29, 0.717) is 16.7 Å². The van der Waals surface area contributed by atoms with Crippen LogP contribution in [0.4, 0.5) is 0 Å². The van der Waals surface area contributed by atoms with Crippen molar-refractivity contribution in [3.63, 3.8) is 0 Å². The van der Waals surface area contributed by atoms with E-state index in [0.717, 1.165) is 44.7 Å². The number of nitrogens with zero attached hydrogens (tertiary/aromatic N) is 4. The second-order valence-electron chi connectivity index (χ2n) is 8.17. The number of aryl methyl sites for hydroxylation is 2. The summed E-state index contributed by atoms with van der Waals surface area (Å²) in [5, 5.41) is 18.1. The largest absolute Gasteiger partial charge is 0.391 e. The molecule has 2 fully saturated rings. The molecule has 8 heteroatoms. The predicted octanol–water partition coefficient (Wildman–Crippen LogP) is 1.98. The molecule has 0 spiro atoms. The van der Waals surface area contributed by atoms with Crippen molar-refractivity contribution in [2.75, 3.05) is 13.1 Å². The molecule has 1 aliphatic heterocycles. The SMILES string of the molecule is CCn1ncc(CN2C[C@H]3C[C@H](O)[C@@H](NC(=O)c4scnc4C)C[C@H]3C2)c1C. The number of nitrogens with one attached hydrogen (secondary N) is 1. The zero-order valence-electron chi connectivity index (χ0n) is 16.8. The second-order valence-corrected chi connectivity index (χ2v) is 9.03. The Hall–Kier alpha value is -1.77. The molecule has 28 heavy (non-hydrogen) atoms. The molecule has 4 atom stereocenters. The lowest BCUT2D eigenvalue weighted by molar-refractivity contribution is 0.0462. The van der Waals surface area contributed by atoms with E-state index in [1.54, 1.807) is 5.51 Å². The summed E-state index contributed by atoms with van der Waals surface area (Å²) in [7, 11) is 0. The first-order valence-electron chi connectivity index (χ1n) is 10.1. The van der Waals surface area contributed by atoms with E-state index in [-0.39, 0.29) is 11.9 Å². The number of amides is 1. The lowest BCUT2D eigenvalue weighted by Gasteiger charge is -2.35. The third-order valence-electron chi connectivity index (χ3n) is 6.38. The van der Waals surface area contributed by atoms with Crippen molar-refractivity contribution >= 4 is 17.2 Å². The standard InChI is InChI=1S/C20H29N5O2S/c1-4-25-13(3)16(7-22-25)10-24-8-14-5-17(18(26)6-15(14)9-24)23-20(27)19-12(2)21-11-28-19/h7,11,14-15,17-18,26H,4-6,8-10H2,1-3H3,(H,23,27)/t14-,15+,17-,18-/m0/s1. The Bertz CT molecular complexity index is 848. The molecule has 152 valence electrons. The Morgan fingerprint density at radius 2 is 2.07 bits per heavy atom. The first-order valence-corrected chi connectivity index (χ1v) is 11.0. The Labute approximate surface area is 169 Å². The Balaban J connectivity index is 1.37. The van der Waals surface area contributed by atoms with Gasteiger partial charge in [0.2, 0.25) is 0 Å². The van der Waals surface area contributed by atoms with Crippen LogP contribution < -0.4 is 5.32 Å². The van der Waals surface area contributed by atoms with Crippen molar-refractivity contribution < 1.29 is 9.90 Å². The van der Waals surface area contributed by atoms with E-state index in [1.165, 1.54) is 22.6 Å². The van der Waals surface area contributed by atoms with Crippen LogP contribution in [-0.4, -0.2) is 55.9 Å². The lowest BCUT2D eigenvalue weighted by atomic mass is 9.77. The van der Waals surface area contributed by atoms with Gasteiger partial charge < -0.3 is 10.4 Å². The predicted molar refractivity (Wildman–Crippen MR) is 108 cm³/mol. The average Bonchev–Trinajstić information content (AvgIpc) is 3.35. The summed E-state index contributed by atoms with van der Waals surface area (Å²) >= 11 is 1.35. The van der Waals surface area contributed by atoms with Crippen LogP contribution in [0.2, 0.25) is 0 Å². The molecule has 2 aromatic heterocycles. The number of hydrogen-bond acceptors (Lipinski definition) is 6. The number of carbonyl (C=O) groups is 1. The topological polar surface area (TPSA) is 83.3 Å². The zero-order chi connectivity index (χ0) is 19.8. The summed E-state index contributed by atoms with van der Waals surface area (Å²) in [5.74, 6) is 0.896. The van der Waals surface area contributed by atoms with Crippen molar-refractivity contribution in [2.45, 2.75) is 58.8 Å². The Kier molecular flexibility index (Phi) is 5.53. The van der Waals surface area contributed by atoms with Crippen molar-refractivity contribution in [3.05, 3.63) is 33.5 Å². The van der Waals surface area contributed by atoms with Gasteiger partial charge in [-0.3, -0.25) is 14.4 Å². The van der Waals surface area contributed by atoms with Crippen LogP contribution in [0.25, 0.3) is 0 Å². The highest BCUT2D eigenvalue weighted by molar-refractivity contribution is 7.11. The number of fused-ring (bicyclic) bond motifs is 1. The van der Waals surface area contributed by atoms with Crippen LogP contribution in [0.15, 0.2) is 11.7 Å². The number of aliphatic hydroxyl groups is 1. The molecule has 1 saturated carbocycles. The van der Waals surface area contributed by atoms with Gasteiger partial charge in [-0.25, -0.2) is 4.98 Å². The maximum Gasteiger partial charge on any atom is 0.263 e. The van der Waals surface area contributed by atoms with Gasteiger partial charge in [-0.1, -0.05) is 0 Å². The summed E-state index contributed by atoms with van der Waals surface area (Å²) in [6.45, 7) is 9.91. The van der Waals surface area contributed by atoms with Gasteiger partial charge in [-0.15, -0.1) is 11.3 Å². The maximum atomic E-state index is 12.5. The highest BCUT2D eigenvalue weighted by Crippen LogP contribution is 2.37. The number of carbonyl (C=O) groups excluding carboxylic acids is 1. The average molecular weight is 404 g/mol. The number of aromatic nitrogens is 3. The van der Waals surface area contributed by atoms with Crippen LogP contribution in [0.5, 0.6) is 0 Å². The summed E-state index contributed by atoms with van der Waals surface area (Å²) in [6.07, 6.45) is 3.08. The first kappa shape index (κ1) is 19.5. The van der Waals surface area contributed by atoms with Gasteiger partial charge >= 0.3 is 0 Å². The van der Waals surface area contributed by atoms with Crippen molar-refractivity contribution in [1.82, 2.24) is 25.0 Å². The second kappa shape index (κ2) is 7.93. The minimum Gasteiger partial charge on any atom is -0.391 e. The monoisotopic (exact) mass is 403 g/mol. The number of likely N-dealkylation sites (tertiary alicyclic amines) is 1. The van der Waals surface area contributed by atoms with Crippen molar-refractivity contribution in [1.29, 1.82) is 0 Å². The molecule has 2 aliphatic rings. The van der Waals surface area contributed by atoms with Gasteiger partial charge in [0.05, 0.1) is 29.5 Å². The highest BCUT2D eigenvalue weighted by atomic mass is 32.1. The summed E-state index contributed by atoms with van der Waals surface area (Å²) in [4.78, 5) is 19.8. The van der Waals surface area contributed by atoms with Crippen molar-refractivity contribution in [2.24, 2.45) is 11.8 Å². The number of rotatable bonds is 5. The number of aliphatic hydroxyl groups excluding tert-OH is 1. The third-order valence-corrected chi connectivity index (χ3v) is 7.31. The van der Waals surface area contributed by atoms with Gasteiger partial charge in [0, 0.05) is 37.4 Å². The molecule has 4 rings (SSSR count). The minimum atomic E-state index is -0.483. The van der Waals surface area contributed by atoms with Gasteiger partial charge in [0.15, 0.2) is 0 Å². The van der Waals surface area contributed by atoms with E-state index in [2.05, 4.69) is 34.1 Å². The highest BCUT2D eigenvalue weighted by Gasteiger charge is 2.42. The molecule has 2 aromatic rings. The molecule has 1 amide bonds. The summed E-state index contributed by atoms with van der Waals surface area (Å²) < 4.78 is 2.04. The molecule has 1 aliphatic carbocycles. The number of hydrogen-bond donors (Lipinski definition) is 2. The van der Waals surface area contributed by atoms with E-state index in [9.17, 15) is 9.90 Å². The van der Waals surface area contributed by atoms with Crippen LogP contribution in [0, 0.1) is 25.7 Å². The zero-order valence-corrected chi connectivity index (χ0v) is 17.6. The molecule has 0 unspecified atom stereocenters. The fourth-order valence-electron chi connectivity index (χ4n) is 4.77. The van der Waals surface area contributed by atoms with Crippen LogP contribution in [0.1, 0.15) is 46.4 Å². The molecule has 3 heterocycles. The van der Waals surface area contributed by atoms with Gasteiger partial charge in [-0.05, 0) is 45.4 Å². The van der Waals surface area contributed by atoms with Gasteiger partial charge in [-0.2, -0.15) is 5.10 Å². The smallest absolute Gasteiger partial charge is 0.263 e. The van der Waals surface area contributed by atoms with Crippen molar-refractivity contribution in [3.8, 4) is 0 Å². The summed E-state index contributed by atoms with van der Waals surface area (Å²) in [5.41, 5.74) is 4.96. The molecule has 0 aromatic carbocycles. The van der Waals surface area contributed by atoms with Crippen LogP contribution >= 0.6 is 11.3 Å². The van der Waals surface area contributed by atoms with Gasteiger partial charge in [0.25, 0.3) is 5.91 Å². The first-order chi connectivity index (χ1) is 13.5. The van der Waals surface area contributed by atoms with E-state index >= 15 is 0 Å². The normalized spacial score (nSPS) is 27.7. The van der Waals surface area contributed by atoms with E-state index in [4.69, 9.17) is 0 Å². The summed E-state index contributed by atoms with van der Waals surface area (Å²) in [6, 6.07) is -0.181. The fourth-order valence-corrected chi connectivity index (χ4v) is 5.47. The molecular weight excluding hydrogens is 374 g/mol. The van der Waals surface area contributed by atoms with Crippen LogP contribution in [0.3, 0.4) is 0 Å². The molecule has 0 bridgehead atoms. The molecule has 0 radical (unpaired) electrons. The van der Waals surface area contributed by atoms with E-state index < -0.39 is 6.10 Å². The van der Waals surface area contributed by atoms with Crippen LogP contribution in [-0.2, 0) is 13.1 Å². The number of thiazole rings is 1. The molecule has 7 nitrogen and oxygen atoms in total. The lowest BCUT2D eigenvalue weighted by Crippen LogP contribution is -2.49. The Morgan fingerprint density at radius 3 is 2.71 bits per heavy atom. The minimum absolute atomic E-state index is 0.111. The Morgan fingerprint density at radius 1 is 1.32 bits per heavy atom. The molecular formula is C20H29N5O2S.